The lowest BCUT2D eigenvalue weighted by molar-refractivity contribution is -0.140. The van der Waals surface area contributed by atoms with Gasteiger partial charge in [0.1, 0.15) is 6.01 Å². The summed E-state index contributed by atoms with van der Waals surface area (Å²) in [7, 11) is 0. The van der Waals surface area contributed by atoms with Crippen molar-refractivity contribution in [2.75, 3.05) is 5.48 Å². The lowest BCUT2D eigenvalue weighted by Crippen LogP contribution is -2.09. The average Bonchev–Trinajstić information content (AvgIpc) is 2.94. The van der Waals surface area contributed by atoms with Gasteiger partial charge in [0, 0.05) is 6.42 Å². The highest BCUT2D eigenvalue weighted by Crippen LogP contribution is 2.19. The summed E-state index contributed by atoms with van der Waals surface area (Å²) in [5.41, 5.74) is 11.3. The fourth-order valence-corrected chi connectivity index (χ4v) is 3.87. The second-order valence-corrected chi connectivity index (χ2v) is 9.37. The van der Waals surface area contributed by atoms with Gasteiger partial charge in [0.05, 0.1) is 17.1 Å². The molecule has 0 aromatic heterocycles. The zero-order valence-electron chi connectivity index (χ0n) is 22.0. The van der Waals surface area contributed by atoms with Crippen LogP contribution in [0.4, 0.5) is 17.1 Å². The van der Waals surface area contributed by atoms with E-state index in [2.05, 4.69) is 76.9 Å². The lowest BCUT2D eigenvalue weighted by atomic mass is 10.0. The first-order chi connectivity index (χ1) is 18.6. The Morgan fingerprint density at radius 2 is 1.16 bits per heavy atom. The molecule has 0 heterocycles. The van der Waals surface area contributed by atoms with Crippen LogP contribution in [0.15, 0.2) is 107 Å². The Morgan fingerprint density at radius 3 is 1.63 bits per heavy atom. The number of benzene rings is 4. The maximum absolute atomic E-state index is 11.6. The van der Waals surface area contributed by atoms with Crippen molar-refractivity contribution in [2.45, 2.75) is 46.0 Å². The van der Waals surface area contributed by atoms with Crippen molar-refractivity contribution in [3.05, 3.63) is 125 Å². The third-order valence-electron chi connectivity index (χ3n) is 6.14. The van der Waals surface area contributed by atoms with Crippen molar-refractivity contribution in [3.63, 3.8) is 0 Å². The molecule has 38 heavy (non-hydrogen) atoms. The highest BCUT2D eigenvalue weighted by atomic mass is 16.7. The zero-order chi connectivity index (χ0) is 26.6. The predicted molar refractivity (Wildman–Crippen MR) is 155 cm³/mol. The van der Waals surface area contributed by atoms with E-state index in [0.717, 1.165) is 48.3 Å². The van der Waals surface area contributed by atoms with Crippen LogP contribution in [0, 0.1) is 6.92 Å². The lowest BCUT2D eigenvalue weighted by Gasteiger charge is -2.08. The molecule has 0 unspecified atom stereocenters. The minimum absolute atomic E-state index is 0.240. The van der Waals surface area contributed by atoms with Crippen molar-refractivity contribution in [1.29, 1.82) is 0 Å². The van der Waals surface area contributed by atoms with E-state index in [4.69, 9.17) is 4.84 Å². The van der Waals surface area contributed by atoms with Gasteiger partial charge in [0.25, 0.3) is 0 Å². The molecule has 1 N–H and O–H groups in total. The standard InChI is InChI=1S/C33H33N3O2/c1-3-4-5-33(37)38-36-32-20-14-29(15-21-32)23-28-12-18-31(19-13-28)35-24-34-30-16-10-27(11-17-30)22-26-8-6-25(2)7-9-26/h6-21,36H,3-5,22-23H2,1-2H3. The first-order valence-corrected chi connectivity index (χ1v) is 13.0. The number of carbonyl (C=O) groups excluding carboxylic acids is 1. The molecule has 0 aliphatic rings. The van der Waals surface area contributed by atoms with E-state index < -0.39 is 0 Å². The molecule has 0 amide bonds. The second kappa shape index (κ2) is 13.7. The molecule has 0 radical (unpaired) electrons. The quantitative estimate of drug-likeness (QED) is 0.165. The maximum atomic E-state index is 11.6. The van der Waals surface area contributed by atoms with E-state index in [1.54, 1.807) is 0 Å². The molecule has 0 bridgehead atoms. The molecule has 0 aliphatic heterocycles. The first-order valence-electron chi connectivity index (χ1n) is 13.0. The molecule has 4 aromatic carbocycles. The van der Waals surface area contributed by atoms with Gasteiger partial charge in [-0.2, -0.15) is 9.98 Å². The number of hydrogen-bond acceptors (Lipinski definition) is 5. The number of hydrogen-bond donors (Lipinski definition) is 1. The normalized spacial score (nSPS) is 10.4. The van der Waals surface area contributed by atoms with Gasteiger partial charge in [-0.3, -0.25) is 0 Å². The van der Waals surface area contributed by atoms with Gasteiger partial charge in [-0.25, -0.2) is 10.3 Å². The van der Waals surface area contributed by atoms with Crippen LogP contribution in [0.1, 0.15) is 54.0 Å². The first kappa shape index (κ1) is 26.6. The monoisotopic (exact) mass is 503 g/mol. The van der Waals surface area contributed by atoms with Crippen molar-refractivity contribution >= 4 is 29.0 Å². The number of carbonyl (C=O) groups is 1. The highest BCUT2D eigenvalue weighted by molar-refractivity contribution is 5.70. The molecule has 192 valence electrons. The Kier molecular flexibility index (Phi) is 9.61. The fourth-order valence-electron chi connectivity index (χ4n) is 3.87. The zero-order valence-corrected chi connectivity index (χ0v) is 22.0. The smallest absolute Gasteiger partial charge is 0.332 e. The van der Waals surface area contributed by atoms with Crippen molar-refractivity contribution in [3.8, 4) is 0 Å². The molecule has 0 aliphatic carbocycles. The van der Waals surface area contributed by atoms with Gasteiger partial charge in [-0.05, 0) is 84.8 Å². The number of unbranched alkanes of at least 4 members (excludes halogenated alkanes) is 1. The molecule has 0 atom stereocenters. The van der Waals surface area contributed by atoms with Crippen LogP contribution in [-0.4, -0.2) is 12.0 Å². The number of anilines is 1. The predicted octanol–water partition coefficient (Wildman–Crippen LogP) is 8.37. The second-order valence-electron chi connectivity index (χ2n) is 9.37. The van der Waals surface area contributed by atoms with Crippen molar-refractivity contribution in [2.24, 2.45) is 9.98 Å². The molecule has 0 saturated carbocycles. The summed E-state index contributed by atoms with van der Waals surface area (Å²) in [6, 6.07) is 35.5. The average molecular weight is 504 g/mol. The third-order valence-corrected chi connectivity index (χ3v) is 6.14. The summed E-state index contributed by atoms with van der Waals surface area (Å²) in [4.78, 5) is 25.4. The summed E-state index contributed by atoms with van der Waals surface area (Å²) in [6.45, 7) is 4.15. The molecule has 0 saturated heterocycles. The summed E-state index contributed by atoms with van der Waals surface area (Å²) in [6.07, 6.45) is 3.92. The van der Waals surface area contributed by atoms with Crippen LogP contribution in [-0.2, 0) is 22.5 Å². The maximum Gasteiger partial charge on any atom is 0.332 e. The van der Waals surface area contributed by atoms with Crippen LogP contribution in [0.5, 0.6) is 0 Å². The molecule has 4 aromatic rings. The van der Waals surface area contributed by atoms with Crippen molar-refractivity contribution in [1.82, 2.24) is 0 Å². The van der Waals surface area contributed by atoms with E-state index in [0.29, 0.717) is 6.42 Å². The number of aryl methyl sites for hydroxylation is 1. The Hall–Kier alpha value is -4.47. The van der Waals surface area contributed by atoms with Gasteiger partial charge >= 0.3 is 5.97 Å². The Morgan fingerprint density at radius 1 is 0.711 bits per heavy atom. The molecule has 0 spiro atoms. The molecular formula is C33H33N3O2. The number of nitrogens with one attached hydrogen (secondary N) is 1. The Labute approximate surface area is 224 Å². The molecular weight excluding hydrogens is 470 g/mol. The molecule has 5 nitrogen and oxygen atoms in total. The summed E-state index contributed by atoms with van der Waals surface area (Å²) in [5.74, 6) is -0.240. The van der Waals surface area contributed by atoms with Crippen LogP contribution in [0.3, 0.4) is 0 Å². The third kappa shape index (κ3) is 8.58. The van der Waals surface area contributed by atoms with Gasteiger partial charge in [0.15, 0.2) is 0 Å². The van der Waals surface area contributed by atoms with E-state index in [1.807, 2.05) is 55.5 Å². The van der Waals surface area contributed by atoms with Crippen LogP contribution in [0.2, 0.25) is 0 Å². The topological polar surface area (TPSA) is 63.0 Å². The minimum Gasteiger partial charge on any atom is -0.343 e. The summed E-state index contributed by atoms with van der Waals surface area (Å²) >= 11 is 0. The summed E-state index contributed by atoms with van der Waals surface area (Å²) < 4.78 is 0. The van der Waals surface area contributed by atoms with Gasteiger partial charge in [0.2, 0.25) is 0 Å². The van der Waals surface area contributed by atoms with Crippen LogP contribution in [0.25, 0.3) is 0 Å². The Bertz CT molecular complexity index is 1370. The SMILES string of the molecule is CCCCC(=O)ONc1ccc(Cc2ccc(N=C=Nc3ccc(Cc4ccc(C)cc4)cc3)cc2)cc1. The van der Waals surface area contributed by atoms with Gasteiger partial charge in [-0.15, -0.1) is 0 Å². The molecule has 4 rings (SSSR count). The van der Waals surface area contributed by atoms with Crippen LogP contribution >= 0.6 is 0 Å². The summed E-state index contributed by atoms with van der Waals surface area (Å²) in [5, 5.41) is 0. The van der Waals surface area contributed by atoms with E-state index in [-0.39, 0.29) is 5.97 Å². The van der Waals surface area contributed by atoms with Crippen LogP contribution < -0.4 is 5.48 Å². The molecule has 5 heteroatoms. The Balaban J connectivity index is 1.26. The van der Waals surface area contributed by atoms with Crippen molar-refractivity contribution < 1.29 is 9.63 Å². The number of aliphatic imine (C=N–C) groups is 2. The van der Waals surface area contributed by atoms with E-state index >= 15 is 0 Å². The largest absolute Gasteiger partial charge is 0.343 e. The molecule has 0 fully saturated rings. The fraction of sp³-hybridized carbons (Fsp3) is 0.212. The van der Waals surface area contributed by atoms with E-state index in [1.165, 1.54) is 22.3 Å². The van der Waals surface area contributed by atoms with E-state index in [9.17, 15) is 4.79 Å². The highest BCUT2D eigenvalue weighted by Gasteiger charge is 2.03. The number of rotatable bonds is 11. The van der Waals surface area contributed by atoms with Gasteiger partial charge in [-0.1, -0.05) is 79.6 Å². The minimum atomic E-state index is -0.240. The number of nitrogens with zero attached hydrogens (tertiary/aromatic N) is 2. The van der Waals surface area contributed by atoms with Gasteiger partial charge < -0.3 is 4.84 Å².